The van der Waals surface area contributed by atoms with E-state index < -0.39 is 0 Å². The number of nitrogens with one attached hydrogen (secondary N) is 1. The minimum absolute atomic E-state index is 0.358. The van der Waals surface area contributed by atoms with Crippen molar-refractivity contribution >= 4 is 28.4 Å². The standard InChI is InChI=1S/C26H30N8O2/c1-17(2)19-3-4-23(36-10-9-33-15-29-30-16-33)21-12-28-25(11-20(19)21)31-24-5-7-27-26(32-24)34-8-6-18-13-35-14-22(18)34/h3-5,7,11-12,15-18,22H,6,8-10,13-14H2,1-2H3,(H,27,28,31,32). The number of benzene rings is 1. The summed E-state index contributed by atoms with van der Waals surface area (Å²) < 4.78 is 13.7. The van der Waals surface area contributed by atoms with E-state index >= 15 is 0 Å². The van der Waals surface area contributed by atoms with Crippen molar-refractivity contribution in [1.29, 1.82) is 0 Å². The fourth-order valence-electron chi connectivity index (χ4n) is 5.15. The molecule has 0 amide bonds. The Hall–Kier alpha value is -3.79. The van der Waals surface area contributed by atoms with Gasteiger partial charge in [-0.05, 0) is 41.5 Å². The molecule has 2 atom stereocenters. The van der Waals surface area contributed by atoms with Crippen LogP contribution in [0, 0.1) is 5.92 Å². The third kappa shape index (κ3) is 4.44. The maximum Gasteiger partial charge on any atom is 0.227 e. The van der Waals surface area contributed by atoms with Gasteiger partial charge in [0.15, 0.2) is 0 Å². The molecule has 2 aliphatic heterocycles. The summed E-state index contributed by atoms with van der Waals surface area (Å²) in [6.07, 6.45) is 8.17. The van der Waals surface area contributed by atoms with Crippen LogP contribution >= 0.6 is 0 Å². The van der Waals surface area contributed by atoms with Crippen LogP contribution in [0.2, 0.25) is 0 Å². The number of pyridine rings is 1. The van der Waals surface area contributed by atoms with Crippen LogP contribution in [0.4, 0.5) is 17.6 Å². The van der Waals surface area contributed by atoms with E-state index in [2.05, 4.69) is 51.4 Å². The van der Waals surface area contributed by atoms with Crippen molar-refractivity contribution in [3.63, 3.8) is 0 Å². The molecule has 0 bridgehead atoms. The first-order chi connectivity index (χ1) is 17.7. The largest absolute Gasteiger partial charge is 0.491 e. The van der Waals surface area contributed by atoms with Crippen molar-refractivity contribution < 1.29 is 9.47 Å². The van der Waals surface area contributed by atoms with Gasteiger partial charge in [0.2, 0.25) is 5.95 Å². The third-order valence-corrected chi connectivity index (χ3v) is 7.05. The van der Waals surface area contributed by atoms with Crippen LogP contribution in [0.3, 0.4) is 0 Å². The number of nitrogens with zero attached hydrogens (tertiary/aromatic N) is 7. The average Bonchev–Trinajstić information content (AvgIpc) is 3.63. The number of rotatable bonds is 8. The maximum absolute atomic E-state index is 6.12. The van der Waals surface area contributed by atoms with Crippen LogP contribution in [0.25, 0.3) is 10.8 Å². The van der Waals surface area contributed by atoms with E-state index in [0.717, 1.165) is 60.3 Å². The van der Waals surface area contributed by atoms with Gasteiger partial charge >= 0.3 is 0 Å². The lowest BCUT2D eigenvalue weighted by molar-refractivity contribution is 0.179. The highest BCUT2D eigenvalue weighted by Crippen LogP contribution is 2.35. The Morgan fingerprint density at radius 1 is 1.08 bits per heavy atom. The van der Waals surface area contributed by atoms with Gasteiger partial charge in [0.1, 0.15) is 36.6 Å². The number of ether oxygens (including phenoxy) is 2. The van der Waals surface area contributed by atoms with Gasteiger partial charge in [-0.3, -0.25) is 0 Å². The zero-order valence-corrected chi connectivity index (χ0v) is 20.5. The molecule has 2 fully saturated rings. The predicted octanol–water partition coefficient (Wildman–Crippen LogP) is 3.79. The van der Waals surface area contributed by atoms with Gasteiger partial charge < -0.3 is 24.3 Å². The first-order valence-electron chi connectivity index (χ1n) is 12.5. The van der Waals surface area contributed by atoms with E-state index in [1.54, 1.807) is 18.9 Å². The minimum Gasteiger partial charge on any atom is -0.491 e. The molecule has 1 aromatic carbocycles. The van der Waals surface area contributed by atoms with E-state index in [0.29, 0.717) is 31.0 Å². The Bertz CT molecular complexity index is 1340. The molecule has 2 aliphatic rings. The molecule has 2 unspecified atom stereocenters. The molecule has 3 aromatic heterocycles. The summed E-state index contributed by atoms with van der Waals surface area (Å²) >= 11 is 0. The van der Waals surface area contributed by atoms with Crippen LogP contribution in [-0.2, 0) is 11.3 Å². The molecule has 36 heavy (non-hydrogen) atoms. The Kier molecular flexibility index (Phi) is 6.10. The first kappa shape index (κ1) is 22.7. The summed E-state index contributed by atoms with van der Waals surface area (Å²) in [5, 5.41) is 13.2. The van der Waals surface area contributed by atoms with Gasteiger partial charge in [-0.2, -0.15) is 4.98 Å². The predicted molar refractivity (Wildman–Crippen MR) is 137 cm³/mol. The van der Waals surface area contributed by atoms with E-state index in [4.69, 9.17) is 19.4 Å². The molecule has 10 nitrogen and oxygen atoms in total. The monoisotopic (exact) mass is 486 g/mol. The molecule has 1 N–H and O–H groups in total. The van der Waals surface area contributed by atoms with Crippen molar-refractivity contribution in [3.8, 4) is 5.75 Å². The fourth-order valence-corrected chi connectivity index (χ4v) is 5.15. The van der Waals surface area contributed by atoms with Crippen LogP contribution < -0.4 is 15.0 Å². The maximum atomic E-state index is 6.12. The summed E-state index contributed by atoms with van der Waals surface area (Å²) in [5.41, 5.74) is 1.24. The summed E-state index contributed by atoms with van der Waals surface area (Å²) in [4.78, 5) is 16.3. The van der Waals surface area contributed by atoms with Crippen LogP contribution in [0.5, 0.6) is 5.75 Å². The third-order valence-electron chi connectivity index (χ3n) is 7.05. The molecule has 0 saturated carbocycles. The second-order valence-corrected chi connectivity index (χ2v) is 9.68. The molecular weight excluding hydrogens is 456 g/mol. The highest BCUT2D eigenvalue weighted by Gasteiger charge is 2.39. The number of hydrogen-bond donors (Lipinski definition) is 1. The van der Waals surface area contributed by atoms with Gasteiger partial charge in [0, 0.05) is 30.2 Å². The summed E-state index contributed by atoms with van der Waals surface area (Å²) in [6.45, 7) is 8.14. The summed E-state index contributed by atoms with van der Waals surface area (Å²) in [6, 6.07) is 8.50. The normalized spacial score (nSPS) is 19.2. The molecule has 10 heteroatoms. The number of hydrogen-bond acceptors (Lipinski definition) is 9. The Labute approximate surface area is 209 Å². The highest BCUT2D eigenvalue weighted by molar-refractivity contribution is 5.92. The average molecular weight is 487 g/mol. The fraction of sp³-hybridized carbons (Fsp3) is 0.423. The molecule has 5 heterocycles. The van der Waals surface area contributed by atoms with E-state index in [1.165, 1.54) is 5.56 Å². The second kappa shape index (κ2) is 9.69. The minimum atomic E-state index is 0.358. The highest BCUT2D eigenvalue weighted by atomic mass is 16.5. The van der Waals surface area contributed by atoms with Crippen LogP contribution in [0.1, 0.15) is 31.7 Å². The van der Waals surface area contributed by atoms with Gasteiger partial charge in [0.05, 0.1) is 25.8 Å². The van der Waals surface area contributed by atoms with E-state index in [-0.39, 0.29) is 0 Å². The lowest BCUT2D eigenvalue weighted by Gasteiger charge is -2.23. The Balaban J connectivity index is 1.24. The van der Waals surface area contributed by atoms with Crippen LogP contribution in [-0.4, -0.2) is 62.1 Å². The van der Waals surface area contributed by atoms with E-state index in [1.807, 2.05) is 22.9 Å². The topological polar surface area (TPSA) is 103 Å². The molecule has 0 aliphatic carbocycles. The number of aromatic nitrogens is 6. The Morgan fingerprint density at radius 3 is 2.83 bits per heavy atom. The van der Waals surface area contributed by atoms with Gasteiger partial charge in [-0.1, -0.05) is 19.9 Å². The molecule has 0 radical (unpaired) electrons. The van der Waals surface area contributed by atoms with Crippen molar-refractivity contribution in [3.05, 3.63) is 54.9 Å². The van der Waals surface area contributed by atoms with Crippen molar-refractivity contribution in [1.82, 2.24) is 29.7 Å². The molecular formula is C26H30N8O2. The van der Waals surface area contributed by atoms with Crippen molar-refractivity contribution in [2.75, 3.05) is 36.6 Å². The SMILES string of the molecule is CC(C)c1ccc(OCCn2cnnc2)c2cnc(Nc3ccnc(N4CCC5COCC54)n3)cc12. The second-order valence-electron chi connectivity index (χ2n) is 9.68. The van der Waals surface area contributed by atoms with Gasteiger partial charge in [-0.25, -0.2) is 9.97 Å². The molecule has 2 saturated heterocycles. The molecule has 4 aromatic rings. The quantitative estimate of drug-likeness (QED) is 0.398. The first-order valence-corrected chi connectivity index (χ1v) is 12.5. The molecule has 186 valence electrons. The van der Waals surface area contributed by atoms with Gasteiger partial charge in [-0.15, -0.1) is 10.2 Å². The summed E-state index contributed by atoms with van der Waals surface area (Å²) in [7, 11) is 0. The van der Waals surface area contributed by atoms with Crippen LogP contribution in [0.15, 0.2) is 49.3 Å². The van der Waals surface area contributed by atoms with Gasteiger partial charge in [0.25, 0.3) is 0 Å². The van der Waals surface area contributed by atoms with Crippen molar-refractivity contribution in [2.24, 2.45) is 5.92 Å². The number of anilines is 3. The zero-order chi connectivity index (χ0) is 24.5. The lowest BCUT2D eigenvalue weighted by Crippen LogP contribution is -2.34. The molecule has 0 spiro atoms. The smallest absolute Gasteiger partial charge is 0.227 e. The molecule has 6 rings (SSSR count). The number of fused-ring (bicyclic) bond motifs is 2. The lowest BCUT2D eigenvalue weighted by atomic mass is 9.96. The van der Waals surface area contributed by atoms with E-state index in [9.17, 15) is 0 Å². The summed E-state index contributed by atoms with van der Waals surface area (Å²) in [5.74, 6) is 3.95. The van der Waals surface area contributed by atoms with Crippen molar-refractivity contribution in [2.45, 2.75) is 38.8 Å². The zero-order valence-electron chi connectivity index (χ0n) is 20.5. The Morgan fingerprint density at radius 2 is 1.97 bits per heavy atom.